The molecule has 2 rings (SSSR count). The van der Waals surface area contributed by atoms with Crippen LogP contribution in [0.2, 0.25) is 0 Å². The topological polar surface area (TPSA) is 56.7 Å². The predicted octanol–water partition coefficient (Wildman–Crippen LogP) is 1.64. The highest BCUT2D eigenvalue weighted by Crippen LogP contribution is 2.07. The van der Waals surface area contributed by atoms with Crippen LogP contribution in [0.4, 0.5) is 0 Å². The SMILES string of the molecule is CCc1nc(Cn2cc(Br)cn2)no1. The Bertz CT molecular complexity index is 422. The van der Waals surface area contributed by atoms with Gasteiger partial charge in [0.2, 0.25) is 5.89 Å². The van der Waals surface area contributed by atoms with Crippen molar-refractivity contribution in [2.45, 2.75) is 19.9 Å². The normalized spacial score (nSPS) is 10.7. The Labute approximate surface area is 89.2 Å². The Hall–Kier alpha value is -1.17. The molecule has 0 bridgehead atoms. The number of halogens is 1. The van der Waals surface area contributed by atoms with Gasteiger partial charge in [-0.25, -0.2) is 0 Å². The first-order valence-electron chi connectivity index (χ1n) is 4.27. The molecule has 2 heterocycles. The Morgan fingerprint density at radius 1 is 1.57 bits per heavy atom. The minimum atomic E-state index is 0.537. The van der Waals surface area contributed by atoms with Crippen molar-refractivity contribution in [3.8, 4) is 0 Å². The molecular weight excluding hydrogens is 248 g/mol. The summed E-state index contributed by atoms with van der Waals surface area (Å²) in [6, 6.07) is 0. The maximum Gasteiger partial charge on any atom is 0.226 e. The van der Waals surface area contributed by atoms with Crippen molar-refractivity contribution < 1.29 is 4.52 Å². The van der Waals surface area contributed by atoms with Crippen LogP contribution >= 0.6 is 15.9 Å². The van der Waals surface area contributed by atoms with E-state index in [4.69, 9.17) is 4.52 Å². The Kier molecular flexibility index (Phi) is 2.62. The number of aryl methyl sites for hydroxylation is 1. The first kappa shape index (κ1) is 9.39. The molecule has 2 aromatic rings. The average molecular weight is 257 g/mol. The summed E-state index contributed by atoms with van der Waals surface area (Å²) in [5.74, 6) is 1.31. The van der Waals surface area contributed by atoms with Gasteiger partial charge in [0, 0.05) is 12.6 Å². The molecule has 0 aliphatic rings. The smallest absolute Gasteiger partial charge is 0.226 e. The predicted molar refractivity (Wildman–Crippen MR) is 52.7 cm³/mol. The summed E-state index contributed by atoms with van der Waals surface area (Å²) in [6.07, 6.45) is 4.35. The molecule has 0 unspecified atom stereocenters. The van der Waals surface area contributed by atoms with E-state index < -0.39 is 0 Å². The molecule has 74 valence electrons. The van der Waals surface area contributed by atoms with Crippen LogP contribution in [0.3, 0.4) is 0 Å². The van der Waals surface area contributed by atoms with E-state index in [0.29, 0.717) is 18.3 Å². The fourth-order valence-corrected chi connectivity index (χ4v) is 1.40. The van der Waals surface area contributed by atoms with Crippen molar-refractivity contribution in [3.63, 3.8) is 0 Å². The molecule has 14 heavy (non-hydrogen) atoms. The Morgan fingerprint density at radius 3 is 3.00 bits per heavy atom. The summed E-state index contributed by atoms with van der Waals surface area (Å²) in [7, 11) is 0. The van der Waals surface area contributed by atoms with E-state index in [9.17, 15) is 0 Å². The summed E-state index contributed by atoms with van der Waals surface area (Å²) >= 11 is 3.32. The zero-order chi connectivity index (χ0) is 9.97. The maximum absolute atomic E-state index is 4.98. The highest BCUT2D eigenvalue weighted by molar-refractivity contribution is 9.10. The molecule has 0 radical (unpaired) electrons. The monoisotopic (exact) mass is 256 g/mol. The van der Waals surface area contributed by atoms with Gasteiger partial charge < -0.3 is 4.52 Å². The van der Waals surface area contributed by atoms with Crippen molar-refractivity contribution in [3.05, 3.63) is 28.6 Å². The summed E-state index contributed by atoms with van der Waals surface area (Å²) in [6.45, 7) is 2.51. The molecular formula is C8H9BrN4O. The van der Waals surface area contributed by atoms with Crippen LogP contribution in [-0.2, 0) is 13.0 Å². The van der Waals surface area contributed by atoms with E-state index in [2.05, 4.69) is 31.2 Å². The van der Waals surface area contributed by atoms with Gasteiger partial charge in [-0.1, -0.05) is 12.1 Å². The lowest BCUT2D eigenvalue weighted by Gasteiger charge is -1.93. The van der Waals surface area contributed by atoms with E-state index in [-0.39, 0.29) is 0 Å². The molecule has 0 fully saturated rings. The van der Waals surface area contributed by atoms with Crippen LogP contribution in [0.1, 0.15) is 18.6 Å². The first-order valence-corrected chi connectivity index (χ1v) is 5.06. The third-order valence-corrected chi connectivity index (χ3v) is 2.13. The van der Waals surface area contributed by atoms with Crippen LogP contribution in [0, 0.1) is 0 Å². The zero-order valence-electron chi connectivity index (χ0n) is 7.64. The van der Waals surface area contributed by atoms with E-state index in [1.165, 1.54) is 0 Å². The van der Waals surface area contributed by atoms with Crippen molar-refractivity contribution >= 4 is 15.9 Å². The highest BCUT2D eigenvalue weighted by Gasteiger charge is 2.05. The van der Waals surface area contributed by atoms with Gasteiger partial charge in [-0.2, -0.15) is 10.1 Å². The van der Waals surface area contributed by atoms with Crippen molar-refractivity contribution in [2.75, 3.05) is 0 Å². The van der Waals surface area contributed by atoms with Crippen molar-refractivity contribution in [1.82, 2.24) is 19.9 Å². The van der Waals surface area contributed by atoms with Gasteiger partial charge >= 0.3 is 0 Å². The highest BCUT2D eigenvalue weighted by atomic mass is 79.9. The summed E-state index contributed by atoms with van der Waals surface area (Å²) < 4.78 is 7.66. The summed E-state index contributed by atoms with van der Waals surface area (Å²) in [5, 5.41) is 7.92. The second-order valence-electron chi connectivity index (χ2n) is 2.81. The number of rotatable bonds is 3. The van der Waals surface area contributed by atoms with Crippen LogP contribution in [-0.4, -0.2) is 19.9 Å². The lowest BCUT2D eigenvalue weighted by molar-refractivity contribution is 0.374. The molecule has 0 N–H and O–H groups in total. The molecule has 0 aliphatic heterocycles. The summed E-state index contributed by atoms with van der Waals surface area (Å²) in [5.41, 5.74) is 0. The van der Waals surface area contributed by atoms with E-state index in [1.807, 2.05) is 13.1 Å². The van der Waals surface area contributed by atoms with Gasteiger partial charge in [0.05, 0.1) is 10.7 Å². The van der Waals surface area contributed by atoms with Gasteiger partial charge in [-0.15, -0.1) is 0 Å². The van der Waals surface area contributed by atoms with Crippen LogP contribution in [0.15, 0.2) is 21.4 Å². The van der Waals surface area contributed by atoms with Gasteiger partial charge in [0.15, 0.2) is 5.82 Å². The molecule has 0 saturated heterocycles. The van der Waals surface area contributed by atoms with Crippen LogP contribution in [0.25, 0.3) is 0 Å². The fraction of sp³-hybridized carbons (Fsp3) is 0.375. The molecule has 5 nitrogen and oxygen atoms in total. The Balaban J connectivity index is 2.10. The van der Waals surface area contributed by atoms with Gasteiger partial charge in [0.25, 0.3) is 0 Å². The van der Waals surface area contributed by atoms with E-state index in [1.54, 1.807) is 10.9 Å². The minimum absolute atomic E-state index is 0.537. The molecule has 0 saturated carbocycles. The fourth-order valence-electron chi connectivity index (χ4n) is 1.07. The standard InChI is InChI=1S/C8H9BrN4O/c1-2-8-11-7(12-14-8)5-13-4-6(9)3-10-13/h3-4H,2,5H2,1H3. The third-order valence-electron chi connectivity index (χ3n) is 1.72. The van der Waals surface area contributed by atoms with Gasteiger partial charge in [0.1, 0.15) is 6.54 Å². The van der Waals surface area contributed by atoms with Gasteiger partial charge in [-0.3, -0.25) is 4.68 Å². The molecule has 0 aliphatic carbocycles. The number of aromatic nitrogens is 4. The maximum atomic E-state index is 4.98. The van der Waals surface area contributed by atoms with E-state index in [0.717, 1.165) is 10.9 Å². The molecule has 6 heteroatoms. The van der Waals surface area contributed by atoms with Gasteiger partial charge in [-0.05, 0) is 15.9 Å². The van der Waals surface area contributed by atoms with E-state index >= 15 is 0 Å². The second-order valence-corrected chi connectivity index (χ2v) is 3.73. The average Bonchev–Trinajstić information content (AvgIpc) is 2.76. The lowest BCUT2D eigenvalue weighted by atomic mass is 10.5. The molecule has 0 spiro atoms. The van der Waals surface area contributed by atoms with Crippen LogP contribution in [0.5, 0.6) is 0 Å². The molecule has 0 atom stereocenters. The number of hydrogen-bond donors (Lipinski definition) is 0. The molecule has 2 aromatic heterocycles. The van der Waals surface area contributed by atoms with Crippen molar-refractivity contribution in [1.29, 1.82) is 0 Å². The molecule has 0 aromatic carbocycles. The quantitative estimate of drug-likeness (QED) is 0.838. The zero-order valence-corrected chi connectivity index (χ0v) is 9.23. The largest absolute Gasteiger partial charge is 0.339 e. The number of hydrogen-bond acceptors (Lipinski definition) is 4. The third kappa shape index (κ3) is 2.01. The summed E-state index contributed by atoms with van der Waals surface area (Å²) in [4.78, 5) is 4.18. The molecule has 0 amide bonds. The lowest BCUT2D eigenvalue weighted by Crippen LogP contribution is -2.01. The number of nitrogens with zero attached hydrogens (tertiary/aromatic N) is 4. The van der Waals surface area contributed by atoms with Crippen LogP contribution < -0.4 is 0 Å². The second kappa shape index (κ2) is 3.91. The van der Waals surface area contributed by atoms with Crippen molar-refractivity contribution in [2.24, 2.45) is 0 Å². The minimum Gasteiger partial charge on any atom is -0.339 e. The first-order chi connectivity index (χ1) is 6.78. The Morgan fingerprint density at radius 2 is 2.43 bits per heavy atom.